The van der Waals surface area contributed by atoms with Crippen molar-refractivity contribution in [2.75, 3.05) is 0 Å². The molecule has 4 rings (SSSR count). The third-order valence-corrected chi connectivity index (χ3v) is 4.61. The minimum Gasteiger partial charge on any atom is -0.283 e. The van der Waals surface area contributed by atoms with Crippen molar-refractivity contribution in [1.82, 2.24) is 19.3 Å². The molecule has 0 unspecified atom stereocenters. The normalized spacial score (nSPS) is 11.0. The summed E-state index contributed by atoms with van der Waals surface area (Å²) in [5, 5.41) is 14.1. The zero-order chi connectivity index (χ0) is 18.4. The highest BCUT2D eigenvalue weighted by molar-refractivity contribution is 6.33. The van der Waals surface area contributed by atoms with Crippen LogP contribution >= 0.6 is 11.6 Å². The summed E-state index contributed by atoms with van der Waals surface area (Å²) >= 11 is 6.43. The minimum atomic E-state index is -0.334. The van der Waals surface area contributed by atoms with E-state index in [-0.39, 0.29) is 5.82 Å². The van der Waals surface area contributed by atoms with Gasteiger partial charge in [0.15, 0.2) is 0 Å². The number of aryl methyl sites for hydroxylation is 2. The first-order valence-electron chi connectivity index (χ1n) is 7.86. The standard InChI is InChI=1S/C19H13ClFN5/c1-11-18(14-5-3-12(9-22)7-15(14)20)19(25(2)24-11)26-10-23-16-8-13(21)4-6-17(16)26/h3-8,10H,1-2H3. The highest BCUT2D eigenvalue weighted by Crippen LogP contribution is 2.36. The number of benzene rings is 2. The van der Waals surface area contributed by atoms with E-state index in [0.717, 1.165) is 28.2 Å². The van der Waals surface area contributed by atoms with E-state index in [9.17, 15) is 4.39 Å². The number of nitrogens with zero attached hydrogens (tertiary/aromatic N) is 5. The van der Waals surface area contributed by atoms with Gasteiger partial charge in [0.05, 0.1) is 28.4 Å². The molecule has 0 saturated heterocycles. The summed E-state index contributed by atoms with van der Waals surface area (Å²) in [7, 11) is 1.83. The van der Waals surface area contributed by atoms with Crippen LogP contribution in [0.3, 0.4) is 0 Å². The van der Waals surface area contributed by atoms with Gasteiger partial charge in [-0.3, -0.25) is 9.25 Å². The Kier molecular flexibility index (Phi) is 3.74. The Morgan fingerprint density at radius 3 is 2.73 bits per heavy atom. The molecule has 2 aromatic heterocycles. The van der Waals surface area contributed by atoms with E-state index in [2.05, 4.69) is 16.2 Å². The summed E-state index contributed by atoms with van der Waals surface area (Å²) < 4.78 is 17.1. The first kappa shape index (κ1) is 16.3. The molecule has 0 fully saturated rings. The summed E-state index contributed by atoms with van der Waals surface area (Å²) in [5.41, 5.74) is 4.21. The average Bonchev–Trinajstić information content (AvgIpc) is 3.14. The van der Waals surface area contributed by atoms with Gasteiger partial charge in [-0.05, 0) is 31.2 Å². The van der Waals surface area contributed by atoms with Crippen LogP contribution in [-0.4, -0.2) is 19.3 Å². The number of imidazole rings is 1. The molecule has 0 aliphatic carbocycles. The van der Waals surface area contributed by atoms with Crippen LogP contribution in [0, 0.1) is 24.1 Å². The van der Waals surface area contributed by atoms with Gasteiger partial charge in [-0.25, -0.2) is 9.37 Å². The van der Waals surface area contributed by atoms with Crippen molar-refractivity contribution in [2.45, 2.75) is 6.92 Å². The summed E-state index contributed by atoms with van der Waals surface area (Å²) in [6, 6.07) is 11.7. The number of hydrogen-bond donors (Lipinski definition) is 0. The summed E-state index contributed by atoms with van der Waals surface area (Å²) in [6.45, 7) is 1.89. The van der Waals surface area contributed by atoms with Crippen molar-refractivity contribution in [3.63, 3.8) is 0 Å². The summed E-state index contributed by atoms with van der Waals surface area (Å²) in [4.78, 5) is 4.30. The largest absolute Gasteiger partial charge is 0.283 e. The molecule has 0 amide bonds. The fraction of sp³-hybridized carbons (Fsp3) is 0.105. The molecule has 0 aliphatic heterocycles. The highest BCUT2D eigenvalue weighted by atomic mass is 35.5. The van der Waals surface area contributed by atoms with Crippen LogP contribution in [0.2, 0.25) is 5.02 Å². The van der Waals surface area contributed by atoms with Gasteiger partial charge in [0.2, 0.25) is 0 Å². The van der Waals surface area contributed by atoms with Crippen molar-refractivity contribution >= 4 is 22.6 Å². The molecule has 0 radical (unpaired) electrons. The molecule has 0 saturated carbocycles. The average molecular weight is 366 g/mol. The van der Waals surface area contributed by atoms with Gasteiger partial charge < -0.3 is 0 Å². The van der Waals surface area contributed by atoms with Gasteiger partial charge in [0, 0.05) is 29.3 Å². The monoisotopic (exact) mass is 365 g/mol. The quantitative estimate of drug-likeness (QED) is 0.529. The predicted molar refractivity (Wildman–Crippen MR) is 97.7 cm³/mol. The molecule has 5 nitrogen and oxygen atoms in total. The minimum absolute atomic E-state index is 0.334. The van der Waals surface area contributed by atoms with Crippen LogP contribution in [0.4, 0.5) is 4.39 Å². The second kappa shape index (κ2) is 5.97. The Balaban J connectivity index is 2.00. The van der Waals surface area contributed by atoms with Crippen molar-refractivity contribution in [2.24, 2.45) is 7.05 Å². The van der Waals surface area contributed by atoms with Crippen LogP contribution < -0.4 is 0 Å². The Morgan fingerprint density at radius 1 is 1.19 bits per heavy atom. The third kappa shape index (κ3) is 2.45. The molecule has 4 aromatic rings. The van der Waals surface area contributed by atoms with Gasteiger partial charge in [-0.2, -0.15) is 10.4 Å². The molecular formula is C19H13ClFN5. The number of fused-ring (bicyclic) bond motifs is 1. The molecule has 2 aromatic carbocycles. The van der Waals surface area contributed by atoms with Gasteiger partial charge in [0.1, 0.15) is 18.0 Å². The van der Waals surface area contributed by atoms with E-state index in [4.69, 9.17) is 16.9 Å². The van der Waals surface area contributed by atoms with Crippen molar-refractivity contribution < 1.29 is 4.39 Å². The number of aromatic nitrogens is 4. The molecular weight excluding hydrogens is 353 g/mol. The third-order valence-electron chi connectivity index (χ3n) is 4.30. The lowest BCUT2D eigenvalue weighted by atomic mass is 10.0. The van der Waals surface area contributed by atoms with E-state index < -0.39 is 0 Å². The maximum Gasteiger partial charge on any atom is 0.144 e. The van der Waals surface area contributed by atoms with Gasteiger partial charge >= 0.3 is 0 Å². The first-order valence-corrected chi connectivity index (χ1v) is 8.24. The summed E-state index contributed by atoms with van der Waals surface area (Å²) in [6.07, 6.45) is 1.64. The Labute approximate surface area is 153 Å². The number of hydrogen-bond acceptors (Lipinski definition) is 3. The maximum absolute atomic E-state index is 13.5. The molecule has 0 bridgehead atoms. The summed E-state index contributed by atoms with van der Waals surface area (Å²) in [5.74, 6) is 0.433. The topological polar surface area (TPSA) is 59.4 Å². The SMILES string of the molecule is Cc1nn(C)c(-n2cnc3cc(F)ccc32)c1-c1ccc(C#N)cc1Cl. The van der Waals surface area contributed by atoms with Crippen LogP contribution in [0.15, 0.2) is 42.7 Å². The Bertz CT molecular complexity index is 1200. The lowest BCUT2D eigenvalue weighted by Gasteiger charge is -2.10. The van der Waals surface area contributed by atoms with E-state index in [1.807, 2.05) is 24.6 Å². The van der Waals surface area contributed by atoms with E-state index >= 15 is 0 Å². The molecule has 0 spiro atoms. The van der Waals surface area contributed by atoms with Gasteiger partial charge in [-0.15, -0.1) is 0 Å². The molecule has 0 atom stereocenters. The lowest BCUT2D eigenvalue weighted by Crippen LogP contribution is -2.03. The molecule has 26 heavy (non-hydrogen) atoms. The van der Waals surface area contributed by atoms with Crippen LogP contribution in [0.1, 0.15) is 11.3 Å². The van der Waals surface area contributed by atoms with Crippen molar-refractivity contribution in [3.8, 4) is 23.0 Å². The number of nitriles is 1. The molecule has 2 heterocycles. The molecule has 7 heteroatoms. The molecule has 128 valence electrons. The van der Waals surface area contributed by atoms with Gasteiger partial charge in [0.25, 0.3) is 0 Å². The van der Waals surface area contributed by atoms with Crippen molar-refractivity contribution in [1.29, 1.82) is 5.26 Å². The Hall–Kier alpha value is -3.17. The fourth-order valence-corrected chi connectivity index (χ4v) is 3.45. The van der Waals surface area contributed by atoms with Crippen LogP contribution in [0.5, 0.6) is 0 Å². The van der Waals surface area contributed by atoms with Crippen LogP contribution in [-0.2, 0) is 7.05 Å². The van der Waals surface area contributed by atoms with Crippen LogP contribution in [0.25, 0.3) is 28.0 Å². The molecule has 0 aliphatic rings. The molecule has 0 N–H and O–H groups in total. The fourth-order valence-electron chi connectivity index (χ4n) is 3.18. The zero-order valence-corrected chi connectivity index (χ0v) is 14.8. The highest BCUT2D eigenvalue weighted by Gasteiger charge is 2.21. The predicted octanol–water partition coefficient (Wildman–Crippen LogP) is 4.40. The number of rotatable bonds is 2. The Morgan fingerprint density at radius 2 is 2.00 bits per heavy atom. The van der Waals surface area contributed by atoms with E-state index in [0.29, 0.717) is 16.1 Å². The van der Waals surface area contributed by atoms with Gasteiger partial charge in [-0.1, -0.05) is 17.7 Å². The number of halogens is 2. The van der Waals surface area contributed by atoms with E-state index in [1.54, 1.807) is 29.2 Å². The zero-order valence-electron chi connectivity index (χ0n) is 14.0. The maximum atomic E-state index is 13.5. The second-order valence-electron chi connectivity index (χ2n) is 5.96. The van der Waals surface area contributed by atoms with E-state index in [1.165, 1.54) is 12.1 Å². The second-order valence-corrected chi connectivity index (χ2v) is 6.37. The smallest absolute Gasteiger partial charge is 0.144 e. The lowest BCUT2D eigenvalue weighted by molar-refractivity contribution is 0.629. The van der Waals surface area contributed by atoms with Crippen molar-refractivity contribution in [3.05, 3.63) is 64.8 Å². The first-order chi connectivity index (χ1) is 12.5.